The lowest BCUT2D eigenvalue weighted by molar-refractivity contribution is -0.137. The third kappa shape index (κ3) is 4.67. The summed E-state index contributed by atoms with van der Waals surface area (Å²) in [5.74, 6) is 0.300. The molecule has 35 heavy (non-hydrogen) atoms. The second-order valence-corrected chi connectivity index (χ2v) is 10.6. The number of hydrogen-bond acceptors (Lipinski definition) is 3. The summed E-state index contributed by atoms with van der Waals surface area (Å²) in [5, 5.41) is 9.71. The summed E-state index contributed by atoms with van der Waals surface area (Å²) in [7, 11) is 0. The van der Waals surface area contributed by atoms with Gasteiger partial charge in [0.25, 0.3) is 0 Å². The van der Waals surface area contributed by atoms with Gasteiger partial charge in [-0.15, -0.1) is 11.8 Å². The van der Waals surface area contributed by atoms with Crippen LogP contribution in [0.5, 0.6) is 0 Å². The molecule has 2 heterocycles. The molecular formula is C29H30N2O3S. The SMILES string of the molecule is Cc1ccc2c(c1)n([C@H](CCc1ccccc1)CC(=O)O)c(=O)n2CC1CSc2cccc(C)c21. The molecule has 5 nitrogen and oxygen atoms in total. The number of aryl methyl sites for hydroxylation is 3. The maximum Gasteiger partial charge on any atom is 0.329 e. The van der Waals surface area contributed by atoms with Gasteiger partial charge in [-0.05, 0) is 67.1 Å². The molecule has 0 spiro atoms. The van der Waals surface area contributed by atoms with Crippen molar-refractivity contribution in [3.8, 4) is 0 Å². The van der Waals surface area contributed by atoms with Crippen molar-refractivity contribution in [1.29, 1.82) is 0 Å². The Hall–Kier alpha value is -3.25. The molecule has 6 heteroatoms. The topological polar surface area (TPSA) is 64.2 Å². The van der Waals surface area contributed by atoms with Crippen molar-refractivity contribution >= 4 is 28.8 Å². The van der Waals surface area contributed by atoms with Crippen LogP contribution in [-0.4, -0.2) is 26.0 Å². The van der Waals surface area contributed by atoms with Crippen LogP contribution in [0.1, 0.15) is 47.1 Å². The van der Waals surface area contributed by atoms with Crippen LogP contribution in [0.4, 0.5) is 0 Å². The molecule has 0 saturated heterocycles. The van der Waals surface area contributed by atoms with Crippen molar-refractivity contribution in [3.63, 3.8) is 0 Å². The first kappa shape index (κ1) is 23.5. The number of fused-ring (bicyclic) bond motifs is 2. The number of imidazole rings is 1. The molecule has 1 aliphatic heterocycles. The average molecular weight is 487 g/mol. The smallest absolute Gasteiger partial charge is 0.329 e. The van der Waals surface area contributed by atoms with Gasteiger partial charge in [-0.25, -0.2) is 4.79 Å². The molecule has 180 valence electrons. The number of aliphatic carboxylic acids is 1. The van der Waals surface area contributed by atoms with Crippen LogP contribution in [0, 0.1) is 13.8 Å². The number of rotatable bonds is 8. The van der Waals surface area contributed by atoms with E-state index in [-0.39, 0.29) is 18.0 Å². The van der Waals surface area contributed by atoms with Gasteiger partial charge in [-0.2, -0.15) is 0 Å². The van der Waals surface area contributed by atoms with Gasteiger partial charge in [0.15, 0.2) is 0 Å². The van der Waals surface area contributed by atoms with E-state index in [1.165, 1.54) is 16.0 Å². The van der Waals surface area contributed by atoms with E-state index in [4.69, 9.17) is 0 Å². The average Bonchev–Trinajstić information content (AvgIpc) is 3.37. The van der Waals surface area contributed by atoms with E-state index in [0.717, 1.165) is 34.3 Å². The van der Waals surface area contributed by atoms with E-state index in [0.29, 0.717) is 13.0 Å². The Morgan fingerprint density at radius 1 is 1.06 bits per heavy atom. The third-order valence-electron chi connectivity index (χ3n) is 7.04. The third-order valence-corrected chi connectivity index (χ3v) is 8.27. The number of aromatic nitrogens is 2. The van der Waals surface area contributed by atoms with Crippen molar-refractivity contribution in [1.82, 2.24) is 9.13 Å². The fraction of sp³-hybridized carbons (Fsp3) is 0.310. The lowest BCUT2D eigenvalue weighted by atomic mass is 9.96. The Bertz CT molecular complexity index is 1440. The second kappa shape index (κ2) is 9.78. The van der Waals surface area contributed by atoms with E-state index in [9.17, 15) is 14.7 Å². The van der Waals surface area contributed by atoms with Gasteiger partial charge in [0.05, 0.1) is 17.5 Å². The number of benzene rings is 3. The minimum atomic E-state index is -0.889. The van der Waals surface area contributed by atoms with Crippen LogP contribution in [0.15, 0.2) is 76.4 Å². The Morgan fingerprint density at radius 3 is 2.63 bits per heavy atom. The summed E-state index contributed by atoms with van der Waals surface area (Å²) in [5.41, 5.74) is 6.38. The lowest BCUT2D eigenvalue weighted by Crippen LogP contribution is -2.30. The number of carbonyl (C=O) groups is 1. The maximum absolute atomic E-state index is 13.9. The minimum absolute atomic E-state index is 0.0823. The van der Waals surface area contributed by atoms with Crippen molar-refractivity contribution in [2.45, 2.75) is 56.5 Å². The van der Waals surface area contributed by atoms with Crippen molar-refractivity contribution in [3.05, 3.63) is 99.5 Å². The summed E-state index contributed by atoms with van der Waals surface area (Å²) in [6.07, 6.45) is 1.22. The predicted octanol–water partition coefficient (Wildman–Crippen LogP) is 5.96. The Morgan fingerprint density at radius 2 is 1.86 bits per heavy atom. The van der Waals surface area contributed by atoms with Gasteiger partial charge in [-0.3, -0.25) is 13.9 Å². The van der Waals surface area contributed by atoms with Crippen LogP contribution in [0.2, 0.25) is 0 Å². The standard InChI is InChI=1S/C29H30N2O3S/c1-19-11-14-24-25(15-19)31(23(16-27(32)33)13-12-21-8-4-3-5-9-21)29(34)30(24)17-22-18-35-26-10-6-7-20(2)28(22)26/h3-11,14-15,22-23H,12-13,16-18H2,1-2H3,(H,32,33)/t22?,23-/m1/s1. The van der Waals surface area contributed by atoms with Gasteiger partial charge in [0.2, 0.25) is 0 Å². The van der Waals surface area contributed by atoms with Gasteiger partial charge in [0.1, 0.15) is 0 Å². The van der Waals surface area contributed by atoms with E-state index in [1.54, 1.807) is 4.57 Å². The molecule has 3 aromatic carbocycles. The predicted molar refractivity (Wildman–Crippen MR) is 142 cm³/mol. The van der Waals surface area contributed by atoms with Crippen LogP contribution in [0.25, 0.3) is 11.0 Å². The summed E-state index contributed by atoms with van der Waals surface area (Å²) in [6.45, 7) is 4.74. The molecule has 0 bridgehead atoms. The van der Waals surface area contributed by atoms with Gasteiger partial charge in [0, 0.05) is 29.2 Å². The second-order valence-electron chi connectivity index (χ2n) is 9.53. The Labute approximate surface area is 209 Å². The maximum atomic E-state index is 13.9. The van der Waals surface area contributed by atoms with Crippen molar-refractivity contribution in [2.24, 2.45) is 0 Å². The molecule has 1 aromatic heterocycles. The van der Waals surface area contributed by atoms with Crippen LogP contribution in [-0.2, 0) is 17.8 Å². The van der Waals surface area contributed by atoms with E-state index in [1.807, 2.05) is 71.8 Å². The molecule has 0 amide bonds. The number of nitrogens with zero attached hydrogens (tertiary/aromatic N) is 2. The highest BCUT2D eigenvalue weighted by atomic mass is 32.2. The number of carboxylic acids is 1. The number of carboxylic acid groups (broad SMARTS) is 1. The number of hydrogen-bond donors (Lipinski definition) is 1. The first-order valence-corrected chi connectivity index (χ1v) is 13.1. The van der Waals surface area contributed by atoms with Crippen LogP contribution in [0.3, 0.4) is 0 Å². The normalized spacial score (nSPS) is 15.9. The molecule has 1 unspecified atom stereocenters. The first-order chi connectivity index (χ1) is 16.9. The Kier molecular flexibility index (Phi) is 6.56. The van der Waals surface area contributed by atoms with Gasteiger partial charge >= 0.3 is 11.7 Å². The van der Waals surface area contributed by atoms with Gasteiger partial charge < -0.3 is 5.11 Å². The highest BCUT2D eigenvalue weighted by Crippen LogP contribution is 2.42. The number of thioether (sulfide) groups is 1. The summed E-state index contributed by atoms with van der Waals surface area (Å²) < 4.78 is 3.62. The summed E-state index contributed by atoms with van der Waals surface area (Å²) >= 11 is 1.85. The van der Waals surface area contributed by atoms with E-state index >= 15 is 0 Å². The minimum Gasteiger partial charge on any atom is -0.481 e. The highest BCUT2D eigenvalue weighted by Gasteiger charge is 2.28. The molecule has 0 aliphatic carbocycles. The molecule has 0 radical (unpaired) electrons. The lowest BCUT2D eigenvalue weighted by Gasteiger charge is -2.17. The van der Waals surface area contributed by atoms with E-state index in [2.05, 4.69) is 25.1 Å². The monoisotopic (exact) mass is 486 g/mol. The van der Waals surface area contributed by atoms with E-state index < -0.39 is 12.0 Å². The zero-order valence-electron chi connectivity index (χ0n) is 20.1. The highest BCUT2D eigenvalue weighted by molar-refractivity contribution is 7.99. The fourth-order valence-corrected chi connectivity index (χ4v) is 6.67. The molecule has 1 aliphatic rings. The van der Waals surface area contributed by atoms with Crippen LogP contribution >= 0.6 is 11.8 Å². The van der Waals surface area contributed by atoms with Crippen LogP contribution < -0.4 is 5.69 Å². The molecule has 2 atom stereocenters. The summed E-state index contributed by atoms with van der Waals surface area (Å²) in [6, 6.07) is 22.1. The largest absolute Gasteiger partial charge is 0.481 e. The summed E-state index contributed by atoms with van der Waals surface area (Å²) in [4.78, 5) is 27.1. The zero-order valence-corrected chi connectivity index (χ0v) is 20.9. The van der Waals surface area contributed by atoms with Crippen molar-refractivity contribution in [2.75, 3.05) is 5.75 Å². The first-order valence-electron chi connectivity index (χ1n) is 12.1. The molecular weight excluding hydrogens is 456 g/mol. The van der Waals surface area contributed by atoms with Crippen molar-refractivity contribution < 1.29 is 9.90 Å². The van der Waals surface area contributed by atoms with Gasteiger partial charge in [-0.1, -0.05) is 48.5 Å². The molecule has 5 rings (SSSR count). The molecule has 0 saturated carbocycles. The quantitative estimate of drug-likeness (QED) is 0.334. The molecule has 0 fully saturated rings. The Balaban J connectivity index is 1.57. The molecule has 1 N–H and O–H groups in total. The zero-order chi connectivity index (χ0) is 24.5. The fourth-order valence-electron chi connectivity index (χ4n) is 5.36. The molecule has 4 aromatic rings.